The van der Waals surface area contributed by atoms with E-state index in [1.807, 2.05) is 47.1 Å². The molecule has 0 atom stereocenters. The van der Waals surface area contributed by atoms with Crippen molar-refractivity contribution in [2.75, 3.05) is 19.4 Å². The molecule has 14 heteroatoms. The molecule has 1 aliphatic heterocycles. The molecule has 2 aliphatic rings. The molecule has 0 saturated heterocycles. The van der Waals surface area contributed by atoms with Crippen molar-refractivity contribution >= 4 is 27.9 Å². The van der Waals surface area contributed by atoms with Crippen LogP contribution in [0.1, 0.15) is 54.6 Å². The molecule has 8 rings (SSSR count). The highest BCUT2D eigenvalue weighted by Gasteiger charge is 2.37. The maximum Gasteiger partial charge on any atom is 0.434 e. The number of aromatic nitrogens is 8. The Hall–Kier alpha value is -4.98. The average Bonchev–Trinajstić information content (AvgIpc) is 3.80. The lowest BCUT2D eigenvalue weighted by molar-refractivity contribution is -0.141. The molecule has 1 saturated carbocycles. The van der Waals surface area contributed by atoms with Crippen LogP contribution in [0, 0.1) is 0 Å². The minimum atomic E-state index is -4.43. The zero-order chi connectivity index (χ0) is 32.3. The van der Waals surface area contributed by atoms with E-state index in [4.69, 9.17) is 20.6 Å². The third-order valence-electron chi connectivity index (χ3n) is 9.52. The van der Waals surface area contributed by atoms with Crippen molar-refractivity contribution in [3.63, 3.8) is 0 Å². The Bertz CT molecular complexity index is 2090. The first-order valence-corrected chi connectivity index (χ1v) is 15.7. The summed E-state index contributed by atoms with van der Waals surface area (Å²) < 4.78 is 48.8. The number of hydrogen-bond donors (Lipinski definition) is 2. The number of methoxy groups -OCH3 is 1. The van der Waals surface area contributed by atoms with Gasteiger partial charge in [0, 0.05) is 42.9 Å². The van der Waals surface area contributed by atoms with Crippen LogP contribution in [0.2, 0.25) is 0 Å². The largest absolute Gasteiger partial charge is 0.496 e. The number of ether oxygens (including phenoxy) is 1. The van der Waals surface area contributed by atoms with Gasteiger partial charge in [0.15, 0.2) is 11.3 Å². The fraction of sp³-hybridized carbons (Fsp3) is 0.364. The third kappa shape index (κ3) is 5.35. The molecule has 5 heterocycles. The standard InChI is InChI=1S/C33H33F3N10O/c1-47-25-5-3-2-4-19(25)15-27-40-23-11-6-20(14-24(23)41-27)30-29-31(37)38-18-39-32(29)46(43-30)22-9-7-21(8-10-22)44-12-13-45-16-26(33(34,35)36)42-28(45)17-44/h2-6,11,14,16,18,21-22H,7-10,12-13,15,17H2,1H3,(H,40,41)(H2,37,38,39)/t21-,22-. The van der Waals surface area contributed by atoms with E-state index >= 15 is 0 Å². The normalized spacial score (nSPS) is 19.0. The SMILES string of the molecule is COc1ccccc1Cc1nc2ccc(-c3nn([C@H]4CC[C@H](N5CCn6cc(C(F)(F)F)nc6C5)CC4)c4ncnc(N)c34)cc2[nH]1. The van der Waals surface area contributed by atoms with Crippen LogP contribution < -0.4 is 10.5 Å². The van der Waals surface area contributed by atoms with E-state index in [9.17, 15) is 13.2 Å². The Kier molecular flexibility index (Phi) is 7.12. The van der Waals surface area contributed by atoms with Crippen molar-refractivity contribution in [2.45, 2.75) is 63.5 Å². The number of anilines is 1. The smallest absolute Gasteiger partial charge is 0.434 e. The van der Waals surface area contributed by atoms with Gasteiger partial charge in [-0.15, -0.1) is 0 Å². The monoisotopic (exact) mass is 642 g/mol. The Morgan fingerprint density at radius 3 is 2.62 bits per heavy atom. The minimum Gasteiger partial charge on any atom is -0.496 e. The maximum absolute atomic E-state index is 13.2. The van der Waals surface area contributed by atoms with Gasteiger partial charge in [0.05, 0.1) is 36.1 Å². The van der Waals surface area contributed by atoms with Crippen molar-refractivity contribution in [3.8, 4) is 17.0 Å². The summed E-state index contributed by atoms with van der Waals surface area (Å²) in [5.41, 5.74) is 10.7. The van der Waals surface area contributed by atoms with Gasteiger partial charge < -0.3 is 20.0 Å². The number of H-pyrrole nitrogens is 1. The lowest BCUT2D eigenvalue weighted by atomic mass is 9.90. The molecule has 0 amide bonds. The molecule has 47 heavy (non-hydrogen) atoms. The predicted molar refractivity (Wildman–Crippen MR) is 170 cm³/mol. The number of nitrogen functional groups attached to an aromatic ring is 1. The topological polar surface area (TPSA) is 129 Å². The molecule has 1 fully saturated rings. The van der Waals surface area contributed by atoms with Crippen LogP contribution >= 0.6 is 0 Å². The molecule has 0 radical (unpaired) electrons. The molecular weight excluding hydrogens is 609 g/mol. The summed E-state index contributed by atoms with van der Waals surface area (Å²) in [6.45, 7) is 1.62. The van der Waals surface area contributed by atoms with Crippen molar-refractivity contribution < 1.29 is 17.9 Å². The molecule has 1 aliphatic carbocycles. The predicted octanol–water partition coefficient (Wildman–Crippen LogP) is 5.77. The highest BCUT2D eigenvalue weighted by Crippen LogP contribution is 2.38. The molecule has 2 aromatic carbocycles. The van der Waals surface area contributed by atoms with E-state index in [0.29, 0.717) is 54.4 Å². The summed E-state index contributed by atoms with van der Waals surface area (Å²) >= 11 is 0. The van der Waals surface area contributed by atoms with Crippen molar-refractivity contribution in [1.29, 1.82) is 0 Å². The van der Waals surface area contributed by atoms with E-state index in [0.717, 1.165) is 65.6 Å². The number of nitrogens with zero attached hydrogens (tertiary/aromatic N) is 8. The lowest BCUT2D eigenvalue weighted by Crippen LogP contribution is -2.43. The molecule has 4 aromatic heterocycles. The molecular formula is C33H33F3N10O. The fourth-order valence-electron chi connectivity index (χ4n) is 7.16. The van der Waals surface area contributed by atoms with Gasteiger partial charge in [-0.25, -0.2) is 24.6 Å². The van der Waals surface area contributed by atoms with Crippen LogP contribution in [-0.2, 0) is 25.7 Å². The third-order valence-corrected chi connectivity index (χ3v) is 9.52. The number of hydrogen-bond acceptors (Lipinski definition) is 8. The van der Waals surface area contributed by atoms with E-state index in [-0.39, 0.29) is 12.1 Å². The number of halogens is 3. The summed E-state index contributed by atoms with van der Waals surface area (Å²) in [5.74, 6) is 2.49. The molecule has 3 N–H and O–H groups in total. The van der Waals surface area contributed by atoms with Crippen LogP contribution in [0.25, 0.3) is 33.3 Å². The number of alkyl halides is 3. The second kappa shape index (κ2) is 11.4. The molecule has 242 valence electrons. The molecule has 0 bridgehead atoms. The first kappa shape index (κ1) is 29.4. The molecule has 0 spiro atoms. The fourth-order valence-corrected chi connectivity index (χ4v) is 7.16. The zero-order valence-corrected chi connectivity index (χ0v) is 25.7. The summed E-state index contributed by atoms with van der Waals surface area (Å²) in [7, 11) is 1.66. The molecule has 11 nitrogen and oxygen atoms in total. The van der Waals surface area contributed by atoms with Crippen molar-refractivity contribution in [3.05, 3.63) is 77.9 Å². The summed E-state index contributed by atoms with van der Waals surface area (Å²) in [6.07, 6.45) is 2.26. The number of fused-ring (bicyclic) bond motifs is 3. The number of nitrogens with two attached hydrogens (primary N) is 1. The first-order valence-electron chi connectivity index (χ1n) is 15.7. The number of benzene rings is 2. The Morgan fingerprint density at radius 2 is 1.81 bits per heavy atom. The Balaban J connectivity index is 1.03. The van der Waals surface area contributed by atoms with Crippen LogP contribution in [0.5, 0.6) is 5.75 Å². The minimum absolute atomic E-state index is 0.101. The van der Waals surface area contributed by atoms with E-state index < -0.39 is 11.9 Å². The highest BCUT2D eigenvalue weighted by molar-refractivity contribution is 5.99. The van der Waals surface area contributed by atoms with E-state index in [1.54, 1.807) is 11.7 Å². The van der Waals surface area contributed by atoms with Gasteiger partial charge in [-0.2, -0.15) is 18.3 Å². The van der Waals surface area contributed by atoms with Gasteiger partial charge in [0.25, 0.3) is 0 Å². The number of aromatic amines is 1. The number of para-hydroxylation sites is 1. The maximum atomic E-state index is 13.2. The molecule has 0 unspecified atom stereocenters. The van der Waals surface area contributed by atoms with Crippen molar-refractivity contribution in [1.82, 2.24) is 44.2 Å². The van der Waals surface area contributed by atoms with Gasteiger partial charge >= 0.3 is 6.18 Å². The second-order valence-electron chi connectivity index (χ2n) is 12.3. The van der Waals surface area contributed by atoms with Crippen LogP contribution in [0.3, 0.4) is 0 Å². The second-order valence-corrected chi connectivity index (χ2v) is 12.3. The first-order chi connectivity index (χ1) is 22.7. The summed E-state index contributed by atoms with van der Waals surface area (Å²) in [5, 5.41) is 5.80. The van der Waals surface area contributed by atoms with Gasteiger partial charge in [0.2, 0.25) is 0 Å². The van der Waals surface area contributed by atoms with E-state index in [1.165, 1.54) is 6.33 Å². The Morgan fingerprint density at radius 1 is 1.00 bits per heavy atom. The van der Waals surface area contributed by atoms with Crippen LogP contribution in [0.15, 0.2) is 55.0 Å². The van der Waals surface area contributed by atoms with Gasteiger partial charge in [0.1, 0.15) is 35.2 Å². The number of rotatable bonds is 6. The van der Waals surface area contributed by atoms with E-state index in [2.05, 4.69) is 24.8 Å². The number of nitrogens with one attached hydrogen (secondary N) is 1. The quantitative estimate of drug-likeness (QED) is 0.235. The van der Waals surface area contributed by atoms with Gasteiger partial charge in [-0.3, -0.25) is 4.90 Å². The van der Waals surface area contributed by atoms with Gasteiger partial charge in [-0.05, 0) is 43.9 Å². The summed E-state index contributed by atoms with van der Waals surface area (Å²) in [4.78, 5) is 23.3. The van der Waals surface area contributed by atoms with Gasteiger partial charge in [-0.1, -0.05) is 24.3 Å². The number of imidazole rings is 2. The van der Waals surface area contributed by atoms with Crippen LogP contribution in [0.4, 0.5) is 19.0 Å². The zero-order valence-electron chi connectivity index (χ0n) is 25.7. The summed E-state index contributed by atoms with van der Waals surface area (Å²) in [6, 6.07) is 14.3. The van der Waals surface area contributed by atoms with Crippen LogP contribution in [-0.4, -0.2) is 63.9 Å². The Labute approximate surface area is 267 Å². The lowest BCUT2D eigenvalue weighted by Gasteiger charge is -2.38. The highest BCUT2D eigenvalue weighted by atomic mass is 19.4. The molecule has 6 aromatic rings. The van der Waals surface area contributed by atoms with Crippen molar-refractivity contribution in [2.24, 2.45) is 0 Å². The average molecular weight is 643 g/mol.